The molecule has 0 saturated carbocycles. The first-order valence-electron chi connectivity index (χ1n) is 11.0. The van der Waals surface area contributed by atoms with Crippen molar-refractivity contribution in [3.63, 3.8) is 0 Å². The maximum atomic E-state index is 13.9. The second kappa shape index (κ2) is 9.79. The van der Waals surface area contributed by atoms with Gasteiger partial charge in [-0.25, -0.2) is 13.8 Å². The van der Waals surface area contributed by atoms with Gasteiger partial charge in [0.2, 0.25) is 5.91 Å². The summed E-state index contributed by atoms with van der Waals surface area (Å²) in [4.78, 5) is 29.3. The molecule has 2 atom stereocenters. The van der Waals surface area contributed by atoms with Crippen LogP contribution in [0.1, 0.15) is 30.0 Å². The predicted octanol–water partition coefficient (Wildman–Crippen LogP) is 5.14. The van der Waals surface area contributed by atoms with Gasteiger partial charge in [-0.15, -0.1) is 0 Å². The van der Waals surface area contributed by atoms with Crippen molar-refractivity contribution >= 4 is 40.1 Å². The number of hydrazone groups is 1. The number of hydrogen-bond donors (Lipinski definition) is 1. The Balaban J connectivity index is 1.35. The number of thioether (sulfide) groups is 1. The van der Waals surface area contributed by atoms with Gasteiger partial charge in [0.1, 0.15) is 16.9 Å². The number of aliphatic imine (C=N–C) groups is 1. The van der Waals surface area contributed by atoms with Crippen molar-refractivity contribution in [3.05, 3.63) is 102 Å². The Labute approximate surface area is 204 Å². The summed E-state index contributed by atoms with van der Waals surface area (Å²) < 4.78 is 27.4. The minimum atomic E-state index is -0.749. The molecule has 6 nitrogen and oxygen atoms in total. The van der Waals surface area contributed by atoms with Crippen molar-refractivity contribution in [1.82, 2.24) is 5.01 Å². The molecule has 5 rings (SSSR count). The number of hydrogen-bond acceptors (Lipinski definition) is 5. The van der Waals surface area contributed by atoms with E-state index in [1.165, 1.54) is 30.3 Å². The minimum absolute atomic E-state index is 0.0575. The van der Waals surface area contributed by atoms with Crippen LogP contribution in [0.15, 0.2) is 89.0 Å². The second-order valence-electron chi connectivity index (χ2n) is 8.10. The third-order valence-electron chi connectivity index (χ3n) is 5.72. The largest absolute Gasteiger partial charge is 0.324 e. The fourth-order valence-electron chi connectivity index (χ4n) is 3.97. The van der Waals surface area contributed by atoms with Crippen LogP contribution in [-0.4, -0.2) is 33.0 Å². The van der Waals surface area contributed by atoms with E-state index in [9.17, 15) is 18.4 Å². The molecule has 2 aliphatic rings. The zero-order valence-corrected chi connectivity index (χ0v) is 19.2. The van der Waals surface area contributed by atoms with Crippen LogP contribution < -0.4 is 5.32 Å². The molecule has 0 aromatic heterocycles. The topological polar surface area (TPSA) is 74.1 Å². The molecule has 2 amide bonds. The molecule has 176 valence electrons. The van der Waals surface area contributed by atoms with Crippen molar-refractivity contribution in [2.75, 3.05) is 5.32 Å². The van der Waals surface area contributed by atoms with Gasteiger partial charge in [0.25, 0.3) is 5.91 Å². The molecule has 2 unspecified atom stereocenters. The molecule has 2 heterocycles. The number of carbonyl (C=O) groups excluding carboxylic acids is 2. The first kappa shape index (κ1) is 22.9. The van der Waals surface area contributed by atoms with Crippen molar-refractivity contribution in [3.8, 4) is 0 Å². The van der Waals surface area contributed by atoms with Crippen LogP contribution in [0.3, 0.4) is 0 Å². The standard InChI is InChI=1S/C26H20F2N4O2S/c27-18-12-10-17(11-13-18)22-14-21(16-6-2-1-3-7-16)31-32(22)26-30-25(34)23(35-26)15-24(33)29-20-9-5-4-8-19(20)28/h1-13,22-23H,14-15H2,(H,29,33). The highest BCUT2D eigenvalue weighted by Gasteiger charge is 2.39. The first-order chi connectivity index (χ1) is 17.0. The maximum absolute atomic E-state index is 13.9. The Morgan fingerprint density at radius 3 is 2.46 bits per heavy atom. The average molecular weight is 491 g/mol. The van der Waals surface area contributed by atoms with Crippen LogP contribution in [0.2, 0.25) is 0 Å². The van der Waals surface area contributed by atoms with Gasteiger partial charge in [-0.3, -0.25) is 9.59 Å². The van der Waals surface area contributed by atoms with E-state index in [-0.39, 0.29) is 24.0 Å². The van der Waals surface area contributed by atoms with Gasteiger partial charge < -0.3 is 5.32 Å². The van der Waals surface area contributed by atoms with Gasteiger partial charge in [-0.05, 0) is 35.4 Å². The first-order valence-corrected chi connectivity index (χ1v) is 11.9. The smallest absolute Gasteiger partial charge is 0.262 e. The summed E-state index contributed by atoms with van der Waals surface area (Å²) in [5.41, 5.74) is 2.65. The van der Waals surface area contributed by atoms with E-state index in [0.717, 1.165) is 28.6 Å². The second-order valence-corrected chi connectivity index (χ2v) is 9.27. The number of carbonyl (C=O) groups is 2. The predicted molar refractivity (Wildman–Crippen MR) is 132 cm³/mol. The number of nitrogens with one attached hydrogen (secondary N) is 1. The number of anilines is 1. The number of nitrogens with zero attached hydrogens (tertiary/aromatic N) is 3. The number of amidine groups is 1. The molecule has 1 N–H and O–H groups in total. The molecule has 2 aliphatic heterocycles. The van der Waals surface area contributed by atoms with Crippen LogP contribution in [0.5, 0.6) is 0 Å². The zero-order valence-electron chi connectivity index (χ0n) is 18.4. The molecule has 0 fully saturated rings. The van der Waals surface area contributed by atoms with Crippen LogP contribution in [0.4, 0.5) is 14.5 Å². The lowest BCUT2D eigenvalue weighted by Crippen LogP contribution is -2.25. The van der Waals surface area contributed by atoms with Gasteiger partial charge in [-0.2, -0.15) is 10.1 Å². The lowest BCUT2D eigenvalue weighted by Gasteiger charge is -2.23. The molecule has 9 heteroatoms. The molecular weight excluding hydrogens is 470 g/mol. The summed E-state index contributed by atoms with van der Waals surface area (Å²) in [5, 5.41) is 8.55. The molecule has 3 aromatic rings. The Morgan fingerprint density at radius 2 is 1.71 bits per heavy atom. The van der Waals surface area contributed by atoms with Crippen molar-refractivity contribution < 1.29 is 18.4 Å². The van der Waals surface area contributed by atoms with E-state index in [4.69, 9.17) is 5.10 Å². The normalized spacial score (nSPS) is 19.5. The lowest BCUT2D eigenvalue weighted by molar-refractivity contribution is -0.121. The van der Waals surface area contributed by atoms with E-state index in [2.05, 4.69) is 10.3 Å². The fraction of sp³-hybridized carbons (Fsp3) is 0.154. The van der Waals surface area contributed by atoms with Gasteiger partial charge in [0, 0.05) is 12.8 Å². The molecular formula is C26H20F2N4O2S. The van der Waals surface area contributed by atoms with Crippen LogP contribution >= 0.6 is 11.8 Å². The van der Waals surface area contributed by atoms with Gasteiger partial charge >= 0.3 is 0 Å². The highest BCUT2D eigenvalue weighted by Crippen LogP contribution is 2.38. The number of halogens is 2. The lowest BCUT2D eigenvalue weighted by atomic mass is 9.99. The number of amides is 2. The van der Waals surface area contributed by atoms with Crippen molar-refractivity contribution in [2.24, 2.45) is 10.1 Å². The number of para-hydroxylation sites is 1. The van der Waals surface area contributed by atoms with E-state index in [0.29, 0.717) is 11.6 Å². The van der Waals surface area contributed by atoms with Crippen LogP contribution in [-0.2, 0) is 9.59 Å². The van der Waals surface area contributed by atoms with Crippen molar-refractivity contribution in [1.29, 1.82) is 0 Å². The van der Waals surface area contributed by atoms with Crippen LogP contribution in [0, 0.1) is 11.6 Å². The maximum Gasteiger partial charge on any atom is 0.262 e. The third kappa shape index (κ3) is 5.00. The molecule has 3 aromatic carbocycles. The van der Waals surface area contributed by atoms with E-state index in [1.807, 2.05) is 30.3 Å². The SMILES string of the molecule is O=C(CC1SC(N2N=C(c3ccccc3)CC2c2ccc(F)cc2)=NC1=O)Nc1ccccc1F. The zero-order chi connectivity index (χ0) is 24.4. The van der Waals surface area contributed by atoms with Gasteiger partial charge in [0.15, 0.2) is 5.17 Å². The quantitative estimate of drug-likeness (QED) is 0.537. The summed E-state index contributed by atoms with van der Waals surface area (Å²) in [6, 6.07) is 21.4. The molecule has 0 aliphatic carbocycles. The Morgan fingerprint density at radius 1 is 1.00 bits per heavy atom. The monoisotopic (exact) mass is 490 g/mol. The average Bonchev–Trinajstić information content (AvgIpc) is 3.46. The Bertz CT molecular complexity index is 1330. The van der Waals surface area contributed by atoms with Gasteiger partial charge in [0.05, 0.1) is 17.4 Å². The third-order valence-corrected chi connectivity index (χ3v) is 6.86. The fourth-order valence-corrected chi connectivity index (χ4v) is 5.03. The Hall–Kier alpha value is -3.85. The van der Waals surface area contributed by atoms with Crippen molar-refractivity contribution in [2.45, 2.75) is 24.1 Å². The van der Waals surface area contributed by atoms with E-state index in [1.54, 1.807) is 23.2 Å². The summed E-state index contributed by atoms with van der Waals surface area (Å²) >= 11 is 1.15. The number of benzene rings is 3. The van der Waals surface area contributed by atoms with Gasteiger partial charge in [-0.1, -0.05) is 66.4 Å². The molecule has 35 heavy (non-hydrogen) atoms. The summed E-state index contributed by atoms with van der Waals surface area (Å²) in [5.74, 6) is -1.83. The molecule has 0 spiro atoms. The molecule has 0 radical (unpaired) electrons. The number of rotatable bonds is 5. The minimum Gasteiger partial charge on any atom is -0.324 e. The summed E-state index contributed by atoms with van der Waals surface area (Å²) in [6.45, 7) is 0. The van der Waals surface area contributed by atoms with E-state index < -0.39 is 22.9 Å². The summed E-state index contributed by atoms with van der Waals surface area (Å²) in [6.07, 6.45) is 0.386. The Kier molecular flexibility index (Phi) is 6.41. The van der Waals surface area contributed by atoms with E-state index >= 15 is 0 Å². The highest BCUT2D eigenvalue weighted by atomic mass is 32.2. The van der Waals surface area contributed by atoms with Crippen LogP contribution in [0.25, 0.3) is 0 Å². The molecule has 0 bridgehead atoms. The summed E-state index contributed by atoms with van der Waals surface area (Å²) in [7, 11) is 0. The highest BCUT2D eigenvalue weighted by molar-refractivity contribution is 8.15. The molecule has 0 saturated heterocycles.